The summed E-state index contributed by atoms with van der Waals surface area (Å²) in [6.07, 6.45) is 2.75. The lowest BCUT2D eigenvalue weighted by Gasteiger charge is -2.17. The highest BCUT2D eigenvalue weighted by Crippen LogP contribution is 2.19. The van der Waals surface area contributed by atoms with Gasteiger partial charge < -0.3 is 20.3 Å². The molecule has 0 aliphatic rings. The smallest absolute Gasteiger partial charge is 0.116 e. The normalized spacial score (nSPS) is 10.0. The molecular formula is C19H23N3OS. The number of carbonyl (C=O) groups excluding carboxylic acids is 1. The molecule has 0 fully saturated rings. The molecule has 2 N–H and O–H groups in total. The molecule has 0 saturated carbocycles. The van der Waals surface area contributed by atoms with Crippen LogP contribution in [-0.4, -0.2) is 25.9 Å². The van der Waals surface area contributed by atoms with Gasteiger partial charge in [0.1, 0.15) is 6.29 Å². The van der Waals surface area contributed by atoms with E-state index in [-0.39, 0.29) is 0 Å². The Morgan fingerprint density at radius 2 is 1.62 bits per heavy atom. The third kappa shape index (κ3) is 5.85. The van der Waals surface area contributed by atoms with Crippen LogP contribution in [0.4, 0.5) is 11.4 Å². The van der Waals surface area contributed by atoms with Crippen LogP contribution in [0.1, 0.15) is 12.5 Å². The first-order valence-electron chi connectivity index (χ1n) is 7.56. The Bertz CT molecular complexity index is 654. The minimum absolute atomic E-state index is 0.750. The topological polar surface area (TPSA) is 44.4 Å². The van der Waals surface area contributed by atoms with Gasteiger partial charge in [0.2, 0.25) is 0 Å². The van der Waals surface area contributed by atoms with Gasteiger partial charge >= 0.3 is 0 Å². The summed E-state index contributed by atoms with van der Waals surface area (Å²) in [7, 11) is 3.81. The van der Waals surface area contributed by atoms with Crippen LogP contribution in [0.15, 0.2) is 60.8 Å². The van der Waals surface area contributed by atoms with E-state index in [1.54, 1.807) is 5.49 Å². The average molecular weight is 341 g/mol. The fourth-order valence-corrected chi connectivity index (χ4v) is 2.19. The van der Waals surface area contributed by atoms with E-state index in [0.717, 1.165) is 28.9 Å². The zero-order valence-electron chi connectivity index (χ0n) is 14.2. The van der Waals surface area contributed by atoms with Gasteiger partial charge in [-0.3, -0.25) is 0 Å². The second-order valence-corrected chi connectivity index (χ2v) is 4.91. The third-order valence-corrected chi connectivity index (χ3v) is 3.42. The van der Waals surface area contributed by atoms with E-state index in [9.17, 15) is 0 Å². The Morgan fingerprint density at radius 3 is 2.08 bits per heavy atom. The van der Waals surface area contributed by atoms with Crippen molar-refractivity contribution in [3.63, 3.8) is 0 Å². The van der Waals surface area contributed by atoms with E-state index in [1.165, 1.54) is 6.92 Å². The largest absolute Gasteiger partial charge is 0.388 e. The molecule has 0 bridgehead atoms. The molecule has 0 saturated heterocycles. The van der Waals surface area contributed by atoms with Gasteiger partial charge in [-0.2, -0.15) is 0 Å². The molecule has 0 heterocycles. The highest BCUT2D eigenvalue weighted by Gasteiger charge is 2.04. The molecule has 0 aliphatic heterocycles. The van der Waals surface area contributed by atoms with Crippen LogP contribution in [0.25, 0.3) is 5.70 Å². The lowest BCUT2D eigenvalue weighted by atomic mass is 10.1. The van der Waals surface area contributed by atoms with Gasteiger partial charge in [-0.15, -0.1) is 0 Å². The summed E-state index contributed by atoms with van der Waals surface area (Å²) in [5.41, 5.74) is 5.86. The van der Waals surface area contributed by atoms with E-state index in [0.29, 0.717) is 0 Å². The highest BCUT2D eigenvalue weighted by atomic mass is 32.1. The van der Waals surface area contributed by atoms with E-state index in [1.807, 2.05) is 67.7 Å². The number of hydrogen-bond acceptors (Lipinski definition) is 4. The van der Waals surface area contributed by atoms with Gasteiger partial charge in [0.25, 0.3) is 0 Å². The molecule has 0 aliphatic carbocycles. The first-order valence-corrected chi connectivity index (χ1v) is 8.03. The summed E-state index contributed by atoms with van der Waals surface area (Å²) >= 11 is 5.15. The van der Waals surface area contributed by atoms with Crippen molar-refractivity contribution in [2.45, 2.75) is 6.92 Å². The van der Waals surface area contributed by atoms with E-state index < -0.39 is 0 Å². The van der Waals surface area contributed by atoms with Gasteiger partial charge in [-0.05, 0) is 36.8 Å². The summed E-state index contributed by atoms with van der Waals surface area (Å²) in [4.78, 5) is 10.7. The fourth-order valence-electron chi connectivity index (χ4n) is 2.01. The molecule has 0 spiro atoms. The molecule has 5 heteroatoms. The summed E-state index contributed by atoms with van der Waals surface area (Å²) in [6, 6.07) is 18.3. The second kappa shape index (κ2) is 11.0. The number of nitrogens with one attached hydrogen (secondary N) is 2. The van der Waals surface area contributed by atoms with Gasteiger partial charge in [-0.25, -0.2) is 0 Å². The molecule has 2 rings (SSSR count). The minimum Gasteiger partial charge on any atom is -0.388 e. The van der Waals surface area contributed by atoms with Crippen molar-refractivity contribution in [2.24, 2.45) is 0 Å². The fraction of sp³-hybridized carbons (Fsp3) is 0.158. The van der Waals surface area contributed by atoms with Crippen LogP contribution in [0.3, 0.4) is 0 Å². The summed E-state index contributed by atoms with van der Waals surface area (Å²) < 4.78 is 0. The summed E-state index contributed by atoms with van der Waals surface area (Å²) in [5, 5.41) is 6.32. The number of hydrogen-bond donors (Lipinski definition) is 2. The number of aldehydes is 1. The standard InChI is InChI=1S/C17H19N3S.C2H4O/c1-18-15-8-10-16(11-9-15)20(13-21)12-17(19-2)14-6-4-3-5-7-14;1-2-3/h3-13,18-19H,1-2H3;2H,1H3/b17-12-;. The maximum absolute atomic E-state index is 8.81. The van der Waals surface area contributed by atoms with Gasteiger partial charge in [0, 0.05) is 31.7 Å². The SMILES string of the molecule is CC=O.CN/C(=C\N(C=S)c1ccc(NC)cc1)c1ccccc1. The van der Waals surface area contributed by atoms with Crippen molar-refractivity contribution in [1.82, 2.24) is 5.32 Å². The van der Waals surface area contributed by atoms with Crippen molar-refractivity contribution < 1.29 is 4.79 Å². The van der Waals surface area contributed by atoms with E-state index >= 15 is 0 Å². The number of anilines is 2. The van der Waals surface area contributed by atoms with Gasteiger partial charge in [0.05, 0.1) is 11.2 Å². The van der Waals surface area contributed by atoms with Crippen molar-refractivity contribution in [3.8, 4) is 0 Å². The van der Waals surface area contributed by atoms with E-state index in [4.69, 9.17) is 17.0 Å². The van der Waals surface area contributed by atoms with Crippen molar-refractivity contribution in [2.75, 3.05) is 24.3 Å². The number of benzene rings is 2. The highest BCUT2D eigenvalue weighted by molar-refractivity contribution is 7.79. The molecule has 0 atom stereocenters. The molecule has 2 aromatic carbocycles. The quantitative estimate of drug-likeness (QED) is 0.616. The third-order valence-electron chi connectivity index (χ3n) is 3.19. The predicted molar refractivity (Wildman–Crippen MR) is 107 cm³/mol. The maximum Gasteiger partial charge on any atom is 0.116 e. The van der Waals surface area contributed by atoms with E-state index in [2.05, 4.69) is 22.8 Å². The monoisotopic (exact) mass is 341 g/mol. The number of rotatable bonds is 6. The van der Waals surface area contributed by atoms with Crippen LogP contribution >= 0.6 is 12.2 Å². The molecule has 0 aromatic heterocycles. The molecule has 126 valence electrons. The zero-order chi connectivity index (χ0) is 17.8. The zero-order valence-corrected chi connectivity index (χ0v) is 15.0. The first kappa shape index (κ1) is 19.4. The molecule has 0 radical (unpaired) electrons. The minimum atomic E-state index is 0.750. The van der Waals surface area contributed by atoms with Gasteiger partial charge in [-0.1, -0.05) is 42.5 Å². The van der Waals surface area contributed by atoms with Crippen LogP contribution in [-0.2, 0) is 4.79 Å². The first-order chi connectivity index (χ1) is 11.7. The number of nitrogens with zero attached hydrogens (tertiary/aromatic N) is 1. The predicted octanol–water partition coefficient (Wildman–Crippen LogP) is 3.92. The summed E-state index contributed by atoms with van der Waals surface area (Å²) in [6.45, 7) is 1.44. The molecule has 24 heavy (non-hydrogen) atoms. The molecule has 0 unspecified atom stereocenters. The summed E-state index contributed by atoms with van der Waals surface area (Å²) in [5.74, 6) is 0. The second-order valence-electron chi connectivity index (χ2n) is 4.70. The molecule has 2 aromatic rings. The maximum atomic E-state index is 8.81. The van der Waals surface area contributed by atoms with Crippen LogP contribution < -0.4 is 15.5 Å². The van der Waals surface area contributed by atoms with Crippen molar-refractivity contribution in [3.05, 3.63) is 66.4 Å². The van der Waals surface area contributed by atoms with Crippen molar-refractivity contribution >= 4 is 41.1 Å². The van der Waals surface area contributed by atoms with Crippen LogP contribution in [0.5, 0.6) is 0 Å². The molecule has 0 amide bonds. The van der Waals surface area contributed by atoms with Gasteiger partial charge in [0.15, 0.2) is 0 Å². The molecular weight excluding hydrogens is 318 g/mol. The Balaban J connectivity index is 0.000000891. The lowest BCUT2D eigenvalue weighted by Crippen LogP contribution is -2.16. The van der Waals surface area contributed by atoms with Crippen LogP contribution in [0.2, 0.25) is 0 Å². The number of carbonyl (C=O) groups is 1. The Morgan fingerprint density at radius 1 is 1.04 bits per heavy atom. The van der Waals surface area contributed by atoms with Crippen LogP contribution in [0, 0.1) is 0 Å². The Labute approximate surface area is 149 Å². The lowest BCUT2D eigenvalue weighted by molar-refractivity contribution is -0.106. The van der Waals surface area contributed by atoms with Crippen molar-refractivity contribution in [1.29, 1.82) is 0 Å². The Hall–Kier alpha value is -2.66. The average Bonchev–Trinajstić information content (AvgIpc) is 2.64. The molecule has 4 nitrogen and oxygen atoms in total. The number of thiocarbonyl (C=S) groups is 1. The Kier molecular flexibility index (Phi) is 8.86.